The Morgan fingerprint density at radius 1 is 1.09 bits per heavy atom. The molecule has 2 aromatic rings. The van der Waals surface area contributed by atoms with Gasteiger partial charge in [0.2, 0.25) is 0 Å². The van der Waals surface area contributed by atoms with Gasteiger partial charge in [-0.15, -0.1) is 0 Å². The third kappa shape index (κ3) is 2.51. The predicted octanol–water partition coefficient (Wildman–Crippen LogP) is 3.83. The summed E-state index contributed by atoms with van der Waals surface area (Å²) in [5, 5.41) is 10.6. The molecule has 1 aliphatic rings. The summed E-state index contributed by atoms with van der Waals surface area (Å²) in [6, 6.07) is 15.1. The number of aliphatic hydroxyl groups is 1. The van der Waals surface area contributed by atoms with Crippen molar-refractivity contribution in [2.24, 2.45) is 0 Å². The molecule has 0 fully saturated rings. The molecule has 1 N–H and O–H groups in total. The topological polar surface area (TPSA) is 57.6 Å². The first-order valence-electron chi connectivity index (χ1n) is 7.09. The second-order valence-electron chi connectivity index (χ2n) is 5.25. The number of carbonyl (C=O) groups is 2. The Morgan fingerprint density at radius 2 is 1.70 bits per heavy atom. The molecule has 2 aromatic carbocycles. The number of anilines is 1. The Balaban J connectivity index is 2.22. The van der Waals surface area contributed by atoms with E-state index in [1.54, 1.807) is 48.5 Å². The molecule has 0 aromatic heterocycles. The molecule has 3 rings (SSSR count). The number of carbonyl (C=O) groups excluding carboxylic acids is 2. The number of aliphatic hydroxyl groups excluding tert-OH is 1. The van der Waals surface area contributed by atoms with E-state index in [2.05, 4.69) is 0 Å². The molecule has 0 saturated heterocycles. The van der Waals surface area contributed by atoms with E-state index in [9.17, 15) is 14.7 Å². The van der Waals surface area contributed by atoms with E-state index in [-0.39, 0.29) is 11.4 Å². The number of hydrogen-bond acceptors (Lipinski definition) is 3. The molecule has 0 saturated carbocycles. The first-order chi connectivity index (χ1) is 11.0. The van der Waals surface area contributed by atoms with Gasteiger partial charge >= 0.3 is 0 Å². The van der Waals surface area contributed by atoms with Gasteiger partial charge in [0.25, 0.3) is 5.91 Å². The fraction of sp³-hybridized carbons (Fsp3) is 0.111. The lowest BCUT2D eigenvalue weighted by Gasteiger charge is -2.27. The maximum absolute atomic E-state index is 12.5. The van der Waals surface area contributed by atoms with E-state index in [1.165, 1.54) is 11.8 Å². The number of Topliss-reactive ketones (excluding diaryl/α,β-unsaturated/α-hetero) is 1. The van der Waals surface area contributed by atoms with Crippen molar-refractivity contribution in [3.63, 3.8) is 0 Å². The number of rotatable bonds is 3. The fourth-order valence-electron chi connectivity index (χ4n) is 2.81. The van der Waals surface area contributed by atoms with Crippen molar-refractivity contribution >= 4 is 29.0 Å². The maximum atomic E-state index is 12.5. The first-order valence-corrected chi connectivity index (χ1v) is 7.47. The molecule has 1 atom stereocenters. The van der Waals surface area contributed by atoms with Crippen molar-refractivity contribution in [3.8, 4) is 0 Å². The summed E-state index contributed by atoms with van der Waals surface area (Å²) in [6.45, 7) is 1.33. The number of nitrogens with zero attached hydrogens (tertiary/aromatic N) is 1. The highest BCUT2D eigenvalue weighted by molar-refractivity contribution is 6.31. The number of benzene rings is 2. The average molecular weight is 328 g/mol. The van der Waals surface area contributed by atoms with Crippen LogP contribution < -0.4 is 4.90 Å². The molecule has 0 aliphatic carbocycles. The third-order valence-electron chi connectivity index (χ3n) is 3.82. The van der Waals surface area contributed by atoms with E-state index in [0.717, 1.165) is 0 Å². The molecule has 1 heterocycles. The van der Waals surface area contributed by atoms with Crippen molar-refractivity contribution in [1.29, 1.82) is 0 Å². The van der Waals surface area contributed by atoms with E-state index in [0.29, 0.717) is 16.3 Å². The van der Waals surface area contributed by atoms with Gasteiger partial charge in [0, 0.05) is 10.7 Å². The summed E-state index contributed by atoms with van der Waals surface area (Å²) < 4.78 is 0. The molecule has 116 valence electrons. The lowest BCUT2D eigenvalue weighted by atomic mass is 9.96. The molecule has 0 unspecified atom stereocenters. The summed E-state index contributed by atoms with van der Waals surface area (Å²) in [7, 11) is 0. The summed E-state index contributed by atoms with van der Waals surface area (Å²) in [6.07, 6.45) is 0. The van der Waals surface area contributed by atoms with Crippen molar-refractivity contribution in [2.75, 3.05) is 4.90 Å². The minimum atomic E-state index is -0.740. The zero-order valence-electron chi connectivity index (χ0n) is 12.4. The molecule has 0 radical (unpaired) electrons. The van der Waals surface area contributed by atoms with Crippen molar-refractivity contribution in [3.05, 3.63) is 76.5 Å². The normalized spacial score (nSPS) is 17.7. The van der Waals surface area contributed by atoms with Crippen molar-refractivity contribution in [2.45, 2.75) is 13.0 Å². The Labute approximate surface area is 138 Å². The zero-order chi connectivity index (χ0) is 16.6. The van der Waals surface area contributed by atoms with Crippen LogP contribution in [0, 0.1) is 0 Å². The van der Waals surface area contributed by atoms with Gasteiger partial charge in [-0.3, -0.25) is 14.5 Å². The minimum absolute atomic E-state index is 0.0620. The number of amides is 1. The van der Waals surface area contributed by atoms with Crippen molar-refractivity contribution in [1.82, 2.24) is 0 Å². The van der Waals surface area contributed by atoms with Crippen LogP contribution in [0.25, 0.3) is 0 Å². The van der Waals surface area contributed by atoms with Gasteiger partial charge in [-0.2, -0.15) is 0 Å². The molecule has 1 aliphatic heterocycles. The van der Waals surface area contributed by atoms with Crippen LogP contribution in [0.4, 0.5) is 5.69 Å². The van der Waals surface area contributed by atoms with E-state index in [1.807, 2.05) is 6.07 Å². The summed E-state index contributed by atoms with van der Waals surface area (Å²) in [5.41, 5.74) is 1.25. The van der Waals surface area contributed by atoms with Gasteiger partial charge in [0.1, 0.15) is 0 Å². The predicted molar refractivity (Wildman–Crippen MR) is 88.5 cm³/mol. The SMILES string of the molecule is CC(=O)C1=C(O)C(=O)N(c2ccccc2)[C@@H]1c1ccccc1Cl. The average Bonchev–Trinajstić information content (AvgIpc) is 2.80. The van der Waals surface area contributed by atoms with Crippen molar-refractivity contribution < 1.29 is 14.7 Å². The molecular formula is C18H14ClNO3. The van der Waals surface area contributed by atoms with Crippen LogP contribution in [-0.2, 0) is 9.59 Å². The Bertz CT molecular complexity index is 814. The number of hydrogen-bond donors (Lipinski definition) is 1. The minimum Gasteiger partial charge on any atom is -0.503 e. The zero-order valence-corrected chi connectivity index (χ0v) is 13.1. The second-order valence-corrected chi connectivity index (χ2v) is 5.66. The second kappa shape index (κ2) is 5.89. The van der Waals surface area contributed by atoms with Crippen LogP contribution in [0.1, 0.15) is 18.5 Å². The van der Waals surface area contributed by atoms with Crippen LogP contribution in [0.5, 0.6) is 0 Å². The molecule has 4 nitrogen and oxygen atoms in total. The van der Waals surface area contributed by atoms with Crippen LogP contribution in [0.15, 0.2) is 65.9 Å². The van der Waals surface area contributed by atoms with Gasteiger partial charge in [0.15, 0.2) is 11.5 Å². The van der Waals surface area contributed by atoms with Crippen LogP contribution in [-0.4, -0.2) is 16.8 Å². The summed E-state index contributed by atoms with van der Waals surface area (Å²) in [5.74, 6) is -1.49. The summed E-state index contributed by atoms with van der Waals surface area (Å²) in [4.78, 5) is 26.0. The van der Waals surface area contributed by atoms with Gasteiger partial charge < -0.3 is 5.11 Å². The van der Waals surface area contributed by atoms with Gasteiger partial charge in [-0.05, 0) is 30.7 Å². The largest absolute Gasteiger partial charge is 0.503 e. The summed E-state index contributed by atoms with van der Waals surface area (Å²) >= 11 is 6.27. The van der Waals surface area contributed by atoms with Crippen LogP contribution in [0.3, 0.4) is 0 Å². The molecule has 0 bridgehead atoms. The highest BCUT2D eigenvalue weighted by atomic mass is 35.5. The quantitative estimate of drug-likeness (QED) is 0.932. The van der Waals surface area contributed by atoms with Gasteiger partial charge in [-0.25, -0.2) is 0 Å². The standard InChI is InChI=1S/C18H14ClNO3/c1-11(21)15-16(13-9-5-6-10-14(13)19)20(18(23)17(15)22)12-7-3-2-4-8-12/h2-10,16,22H,1H3/t16-/m1/s1. The number of para-hydroxylation sites is 1. The highest BCUT2D eigenvalue weighted by Gasteiger charge is 2.43. The lowest BCUT2D eigenvalue weighted by molar-refractivity contribution is -0.117. The van der Waals surface area contributed by atoms with E-state index < -0.39 is 17.7 Å². The molecular weight excluding hydrogens is 314 g/mol. The van der Waals surface area contributed by atoms with E-state index >= 15 is 0 Å². The smallest absolute Gasteiger partial charge is 0.294 e. The lowest BCUT2D eigenvalue weighted by Crippen LogP contribution is -2.30. The monoisotopic (exact) mass is 327 g/mol. The molecule has 1 amide bonds. The third-order valence-corrected chi connectivity index (χ3v) is 4.17. The van der Waals surface area contributed by atoms with Crippen LogP contribution >= 0.6 is 11.6 Å². The molecule has 5 heteroatoms. The number of ketones is 1. The van der Waals surface area contributed by atoms with Gasteiger partial charge in [-0.1, -0.05) is 48.0 Å². The fourth-order valence-corrected chi connectivity index (χ4v) is 3.05. The first kappa shape index (κ1) is 15.3. The number of halogens is 1. The van der Waals surface area contributed by atoms with Crippen LogP contribution in [0.2, 0.25) is 5.02 Å². The Kier molecular flexibility index (Phi) is 3.92. The van der Waals surface area contributed by atoms with E-state index in [4.69, 9.17) is 11.6 Å². The van der Waals surface area contributed by atoms with Gasteiger partial charge in [0.05, 0.1) is 11.6 Å². The Morgan fingerprint density at radius 3 is 2.30 bits per heavy atom. The highest BCUT2D eigenvalue weighted by Crippen LogP contribution is 2.42. The molecule has 23 heavy (non-hydrogen) atoms. The Hall–Kier alpha value is -2.59. The maximum Gasteiger partial charge on any atom is 0.294 e. The molecule has 0 spiro atoms.